The second-order valence-electron chi connectivity index (χ2n) is 4.96. The lowest BCUT2D eigenvalue weighted by Crippen LogP contribution is -2.51. The van der Waals surface area contributed by atoms with E-state index in [0.717, 1.165) is 18.0 Å². The smallest absolute Gasteiger partial charge is 0.00644 e. The van der Waals surface area contributed by atoms with E-state index < -0.39 is 0 Å². The van der Waals surface area contributed by atoms with Crippen LogP contribution in [0.5, 0.6) is 0 Å². The largest absolute Gasteiger partial charge is 0.307 e. The molecule has 0 bridgehead atoms. The molecule has 0 amide bonds. The molecule has 0 aromatic carbocycles. The fraction of sp³-hybridized carbons (Fsp3) is 1.00. The Kier molecular flexibility index (Phi) is 3.74. The van der Waals surface area contributed by atoms with Gasteiger partial charge in [0.15, 0.2) is 0 Å². The minimum atomic E-state index is 0.735. The molecule has 1 aliphatic heterocycles. The molecule has 2 heteroatoms. The molecule has 0 radical (unpaired) electrons. The SMILES string of the molecule is CC(CC1CN(C(C)C)C1)N(C)C. The normalized spacial score (nSPS) is 22.4. The van der Waals surface area contributed by atoms with E-state index in [9.17, 15) is 0 Å². The molecular weight excluding hydrogens is 160 g/mol. The Morgan fingerprint density at radius 1 is 1.23 bits per heavy atom. The third kappa shape index (κ3) is 2.96. The van der Waals surface area contributed by atoms with Crippen LogP contribution in [0.2, 0.25) is 0 Å². The van der Waals surface area contributed by atoms with Crippen LogP contribution >= 0.6 is 0 Å². The summed E-state index contributed by atoms with van der Waals surface area (Å²) in [5.74, 6) is 0.944. The third-order valence-electron chi connectivity index (χ3n) is 3.27. The highest BCUT2D eigenvalue weighted by atomic mass is 15.2. The van der Waals surface area contributed by atoms with E-state index >= 15 is 0 Å². The van der Waals surface area contributed by atoms with Crippen LogP contribution in [0.3, 0.4) is 0 Å². The summed E-state index contributed by atoms with van der Waals surface area (Å²) in [7, 11) is 4.34. The van der Waals surface area contributed by atoms with Gasteiger partial charge < -0.3 is 9.80 Å². The average Bonchev–Trinajstić information content (AvgIpc) is 1.94. The minimum Gasteiger partial charge on any atom is -0.307 e. The zero-order valence-corrected chi connectivity index (χ0v) is 9.75. The predicted octanol–water partition coefficient (Wildman–Crippen LogP) is 1.67. The Balaban J connectivity index is 2.14. The zero-order valence-electron chi connectivity index (χ0n) is 9.75. The second kappa shape index (κ2) is 4.43. The molecular formula is C11H24N2. The Morgan fingerprint density at radius 2 is 1.77 bits per heavy atom. The molecule has 0 aromatic rings. The molecule has 78 valence electrons. The molecule has 1 atom stereocenters. The summed E-state index contributed by atoms with van der Waals surface area (Å²) in [6.07, 6.45) is 1.36. The zero-order chi connectivity index (χ0) is 10.0. The van der Waals surface area contributed by atoms with Gasteiger partial charge in [0.1, 0.15) is 0 Å². The summed E-state index contributed by atoms with van der Waals surface area (Å²) in [5.41, 5.74) is 0. The van der Waals surface area contributed by atoms with Crippen molar-refractivity contribution < 1.29 is 0 Å². The topological polar surface area (TPSA) is 6.48 Å². The van der Waals surface area contributed by atoms with Crippen LogP contribution in [0.15, 0.2) is 0 Å². The Hall–Kier alpha value is -0.0800. The van der Waals surface area contributed by atoms with Gasteiger partial charge in [-0.3, -0.25) is 0 Å². The van der Waals surface area contributed by atoms with Crippen molar-refractivity contribution in [2.24, 2.45) is 5.92 Å². The monoisotopic (exact) mass is 184 g/mol. The highest BCUT2D eigenvalue weighted by molar-refractivity contribution is 4.84. The van der Waals surface area contributed by atoms with Gasteiger partial charge in [-0.05, 0) is 47.2 Å². The van der Waals surface area contributed by atoms with Gasteiger partial charge in [-0.2, -0.15) is 0 Å². The molecule has 1 rings (SSSR count). The number of hydrogen-bond donors (Lipinski definition) is 0. The van der Waals surface area contributed by atoms with Crippen LogP contribution in [0.4, 0.5) is 0 Å². The maximum absolute atomic E-state index is 2.55. The van der Waals surface area contributed by atoms with Crippen molar-refractivity contribution in [2.45, 2.75) is 39.3 Å². The Bertz CT molecular complexity index is 148. The van der Waals surface area contributed by atoms with Gasteiger partial charge in [0.2, 0.25) is 0 Å². The van der Waals surface area contributed by atoms with Crippen molar-refractivity contribution in [3.63, 3.8) is 0 Å². The van der Waals surface area contributed by atoms with Gasteiger partial charge in [-0.25, -0.2) is 0 Å². The van der Waals surface area contributed by atoms with Gasteiger partial charge in [-0.15, -0.1) is 0 Å². The molecule has 0 saturated carbocycles. The molecule has 1 saturated heterocycles. The molecule has 2 nitrogen and oxygen atoms in total. The first-order chi connectivity index (χ1) is 6.00. The molecule has 1 heterocycles. The van der Waals surface area contributed by atoms with Crippen LogP contribution in [0.25, 0.3) is 0 Å². The van der Waals surface area contributed by atoms with Crippen molar-refractivity contribution in [1.82, 2.24) is 9.80 Å². The van der Waals surface area contributed by atoms with E-state index in [0.29, 0.717) is 0 Å². The summed E-state index contributed by atoms with van der Waals surface area (Å²) in [5, 5.41) is 0. The molecule has 13 heavy (non-hydrogen) atoms. The summed E-state index contributed by atoms with van der Waals surface area (Å²) in [6.45, 7) is 9.51. The average molecular weight is 184 g/mol. The first-order valence-electron chi connectivity index (χ1n) is 5.41. The molecule has 0 aliphatic carbocycles. The van der Waals surface area contributed by atoms with Crippen LogP contribution in [0.1, 0.15) is 27.2 Å². The van der Waals surface area contributed by atoms with Gasteiger partial charge in [-0.1, -0.05) is 0 Å². The fourth-order valence-corrected chi connectivity index (χ4v) is 1.87. The van der Waals surface area contributed by atoms with E-state index in [4.69, 9.17) is 0 Å². The summed E-state index contributed by atoms with van der Waals surface area (Å²) >= 11 is 0. The summed E-state index contributed by atoms with van der Waals surface area (Å²) < 4.78 is 0. The molecule has 0 spiro atoms. The molecule has 0 aromatic heterocycles. The lowest BCUT2D eigenvalue weighted by molar-refractivity contribution is 0.0491. The molecule has 1 aliphatic rings. The maximum atomic E-state index is 2.55. The quantitative estimate of drug-likeness (QED) is 0.656. The van der Waals surface area contributed by atoms with Gasteiger partial charge in [0, 0.05) is 25.2 Å². The first kappa shape index (κ1) is 11.0. The maximum Gasteiger partial charge on any atom is 0.00644 e. The lowest BCUT2D eigenvalue weighted by atomic mass is 9.91. The van der Waals surface area contributed by atoms with E-state index in [2.05, 4.69) is 44.7 Å². The number of rotatable bonds is 4. The van der Waals surface area contributed by atoms with Gasteiger partial charge >= 0.3 is 0 Å². The van der Waals surface area contributed by atoms with E-state index in [1.165, 1.54) is 19.5 Å². The minimum absolute atomic E-state index is 0.735. The van der Waals surface area contributed by atoms with Crippen LogP contribution < -0.4 is 0 Å². The third-order valence-corrected chi connectivity index (χ3v) is 3.27. The number of nitrogens with zero attached hydrogens (tertiary/aromatic N) is 2. The number of hydrogen-bond acceptors (Lipinski definition) is 2. The van der Waals surface area contributed by atoms with E-state index in [-0.39, 0.29) is 0 Å². The van der Waals surface area contributed by atoms with Crippen molar-refractivity contribution in [3.05, 3.63) is 0 Å². The first-order valence-corrected chi connectivity index (χ1v) is 5.41. The van der Waals surface area contributed by atoms with Crippen molar-refractivity contribution in [3.8, 4) is 0 Å². The predicted molar refractivity (Wildman–Crippen MR) is 58.0 cm³/mol. The van der Waals surface area contributed by atoms with Crippen LogP contribution in [0, 0.1) is 5.92 Å². The molecule has 0 N–H and O–H groups in total. The molecule has 1 unspecified atom stereocenters. The van der Waals surface area contributed by atoms with E-state index in [1.54, 1.807) is 0 Å². The van der Waals surface area contributed by atoms with Gasteiger partial charge in [0.05, 0.1) is 0 Å². The van der Waals surface area contributed by atoms with Crippen molar-refractivity contribution in [2.75, 3.05) is 27.2 Å². The number of likely N-dealkylation sites (tertiary alicyclic amines) is 1. The van der Waals surface area contributed by atoms with Crippen LogP contribution in [-0.4, -0.2) is 49.1 Å². The van der Waals surface area contributed by atoms with Gasteiger partial charge in [0.25, 0.3) is 0 Å². The standard InChI is InChI=1S/C11H24N2/c1-9(2)13-7-11(8-13)6-10(3)12(4)5/h9-11H,6-8H2,1-5H3. The van der Waals surface area contributed by atoms with Crippen LogP contribution in [-0.2, 0) is 0 Å². The van der Waals surface area contributed by atoms with Crippen molar-refractivity contribution in [1.29, 1.82) is 0 Å². The molecule has 1 fully saturated rings. The Morgan fingerprint density at radius 3 is 2.15 bits per heavy atom. The lowest BCUT2D eigenvalue weighted by Gasteiger charge is -2.43. The highest BCUT2D eigenvalue weighted by Crippen LogP contribution is 2.23. The Labute approximate surface area is 82.9 Å². The van der Waals surface area contributed by atoms with E-state index in [1.807, 2.05) is 0 Å². The summed E-state index contributed by atoms with van der Waals surface area (Å²) in [4.78, 5) is 4.87. The van der Waals surface area contributed by atoms with Crippen molar-refractivity contribution >= 4 is 0 Å². The highest BCUT2D eigenvalue weighted by Gasteiger charge is 2.29. The second-order valence-corrected chi connectivity index (χ2v) is 4.96. The summed E-state index contributed by atoms with van der Waals surface area (Å²) in [6, 6.07) is 1.48. The fourth-order valence-electron chi connectivity index (χ4n) is 1.87.